The van der Waals surface area contributed by atoms with Gasteiger partial charge in [-0.2, -0.15) is 0 Å². The lowest BCUT2D eigenvalue weighted by molar-refractivity contribution is -0.274. The van der Waals surface area contributed by atoms with Crippen molar-refractivity contribution in [1.29, 1.82) is 0 Å². The smallest absolute Gasteiger partial charge is 0.507 e. The van der Waals surface area contributed by atoms with Crippen LogP contribution >= 0.6 is 11.6 Å². The molecule has 6 nitrogen and oxygen atoms in total. The van der Waals surface area contributed by atoms with Gasteiger partial charge in [-0.15, -0.1) is 13.2 Å². The van der Waals surface area contributed by atoms with Crippen molar-refractivity contribution in [2.45, 2.75) is 26.3 Å². The number of hydrogen-bond donors (Lipinski definition) is 1. The standard InChI is InChI=1S/C27H21ClF3NO5/c1-14-5-4-6-16(11-14)22-21(23(33)19-12-15(2)13-20(28)25(19)36-3)24(34)26(35)32(22)17-7-9-18(10-8-17)37-27(29,30)31/h4-13,22,33H,1-3H3/b23-21+. The highest BCUT2D eigenvalue weighted by molar-refractivity contribution is 6.51. The maximum atomic E-state index is 13.3. The third-order valence-electron chi connectivity index (χ3n) is 5.80. The number of hydrogen-bond acceptors (Lipinski definition) is 5. The molecule has 37 heavy (non-hydrogen) atoms. The van der Waals surface area contributed by atoms with Gasteiger partial charge in [0.25, 0.3) is 11.7 Å². The van der Waals surface area contributed by atoms with Gasteiger partial charge in [-0.25, -0.2) is 0 Å². The monoisotopic (exact) mass is 531 g/mol. The highest BCUT2D eigenvalue weighted by atomic mass is 35.5. The Bertz CT molecular complexity index is 1420. The fourth-order valence-corrected chi connectivity index (χ4v) is 4.67. The zero-order valence-electron chi connectivity index (χ0n) is 19.9. The summed E-state index contributed by atoms with van der Waals surface area (Å²) in [5, 5.41) is 11.6. The fraction of sp³-hybridized carbons (Fsp3) is 0.185. The van der Waals surface area contributed by atoms with Gasteiger partial charge in [0.1, 0.15) is 17.3 Å². The van der Waals surface area contributed by atoms with Crippen molar-refractivity contribution in [3.8, 4) is 11.5 Å². The Hall–Kier alpha value is -3.98. The summed E-state index contributed by atoms with van der Waals surface area (Å²) in [5.74, 6) is -2.80. The molecule has 1 amide bonds. The number of anilines is 1. The van der Waals surface area contributed by atoms with E-state index in [1.807, 2.05) is 13.0 Å². The van der Waals surface area contributed by atoms with Gasteiger partial charge in [-0.3, -0.25) is 14.5 Å². The zero-order valence-corrected chi connectivity index (χ0v) is 20.6. The summed E-state index contributed by atoms with van der Waals surface area (Å²) in [4.78, 5) is 27.8. The predicted molar refractivity (Wildman–Crippen MR) is 132 cm³/mol. The fourth-order valence-electron chi connectivity index (χ4n) is 4.32. The molecule has 0 aliphatic carbocycles. The first-order valence-electron chi connectivity index (χ1n) is 11.0. The molecule has 1 fully saturated rings. The number of alkyl halides is 3. The molecule has 192 valence electrons. The Kier molecular flexibility index (Phi) is 6.92. The molecule has 0 spiro atoms. The minimum Gasteiger partial charge on any atom is -0.507 e. The van der Waals surface area contributed by atoms with Crippen LogP contribution in [0.2, 0.25) is 5.02 Å². The Morgan fingerprint density at radius 3 is 2.27 bits per heavy atom. The topological polar surface area (TPSA) is 76.1 Å². The maximum Gasteiger partial charge on any atom is 0.573 e. The van der Waals surface area contributed by atoms with E-state index in [1.54, 1.807) is 37.3 Å². The number of methoxy groups -OCH3 is 1. The minimum absolute atomic E-state index is 0.118. The van der Waals surface area contributed by atoms with Gasteiger partial charge in [0.2, 0.25) is 0 Å². The van der Waals surface area contributed by atoms with E-state index in [1.165, 1.54) is 19.2 Å². The lowest BCUT2D eigenvalue weighted by Gasteiger charge is -2.26. The normalized spacial score (nSPS) is 17.3. The van der Waals surface area contributed by atoms with E-state index >= 15 is 0 Å². The van der Waals surface area contributed by atoms with E-state index in [0.29, 0.717) is 11.1 Å². The third kappa shape index (κ3) is 5.13. The number of aliphatic hydroxyl groups excluding tert-OH is 1. The van der Waals surface area contributed by atoms with Crippen LogP contribution < -0.4 is 14.4 Å². The number of ketones is 1. The van der Waals surface area contributed by atoms with Crippen LogP contribution in [0.5, 0.6) is 11.5 Å². The van der Waals surface area contributed by atoms with Crippen molar-refractivity contribution in [3.05, 3.63) is 93.5 Å². The molecule has 3 aromatic rings. The summed E-state index contributed by atoms with van der Waals surface area (Å²) < 4.78 is 47.1. The molecule has 1 N–H and O–H groups in total. The van der Waals surface area contributed by atoms with Gasteiger partial charge in [0.05, 0.1) is 29.3 Å². The number of amides is 1. The van der Waals surface area contributed by atoms with Crippen molar-refractivity contribution in [3.63, 3.8) is 0 Å². The Labute approximate surface area is 215 Å². The molecule has 1 aliphatic rings. The number of aliphatic hydroxyl groups is 1. The molecule has 1 heterocycles. The number of Topliss-reactive ketones (excluding diaryl/α,β-unsaturated/α-hetero) is 1. The number of halogens is 4. The molecule has 0 saturated carbocycles. The van der Waals surface area contributed by atoms with Crippen molar-refractivity contribution in [1.82, 2.24) is 0 Å². The van der Waals surface area contributed by atoms with Crippen LogP contribution in [-0.4, -0.2) is 30.3 Å². The molecule has 0 bridgehead atoms. The summed E-state index contributed by atoms with van der Waals surface area (Å²) in [6.07, 6.45) is -4.89. The second-order valence-corrected chi connectivity index (χ2v) is 8.86. The molecule has 0 radical (unpaired) electrons. The number of carbonyl (C=O) groups is 2. The van der Waals surface area contributed by atoms with Crippen LogP contribution in [0.4, 0.5) is 18.9 Å². The van der Waals surface area contributed by atoms with Crippen LogP contribution in [0, 0.1) is 13.8 Å². The van der Waals surface area contributed by atoms with Crippen LogP contribution in [0.25, 0.3) is 5.76 Å². The van der Waals surface area contributed by atoms with E-state index in [-0.39, 0.29) is 27.6 Å². The Balaban J connectivity index is 1.93. The first-order chi connectivity index (χ1) is 17.4. The molecule has 1 unspecified atom stereocenters. The van der Waals surface area contributed by atoms with Gasteiger partial charge < -0.3 is 14.6 Å². The van der Waals surface area contributed by atoms with Gasteiger partial charge in [0.15, 0.2) is 0 Å². The number of benzene rings is 3. The number of carbonyl (C=O) groups excluding carboxylic acids is 2. The molecule has 10 heteroatoms. The zero-order chi connectivity index (χ0) is 27.1. The summed E-state index contributed by atoms with van der Waals surface area (Å²) in [6.45, 7) is 3.56. The first-order valence-corrected chi connectivity index (χ1v) is 11.4. The third-order valence-corrected chi connectivity index (χ3v) is 6.08. The van der Waals surface area contributed by atoms with E-state index in [0.717, 1.165) is 22.6 Å². The van der Waals surface area contributed by atoms with E-state index < -0.39 is 35.6 Å². The Morgan fingerprint density at radius 2 is 1.68 bits per heavy atom. The average Bonchev–Trinajstić information content (AvgIpc) is 3.08. The van der Waals surface area contributed by atoms with E-state index in [2.05, 4.69) is 4.74 Å². The van der Waals surface area contributed by atoms with Crippen molar-refractivity contribution in [2.75, 3.05) is 12.0 Å². The van der Waals surface area contributed by atoms with Gasteiger partial charge in [-0.05, 0) is 61.4 Å². The van der Waals surface area contributed by atoms with Crippen molar-refractivity contribution >= 4 is 34.7 Å². The molecule has 1 atom stereocenters. The summed E-state index contributed by atoms with van der Waals surface area (Å²) in [6, 6.07) is 13.7. The van der Waals surface area contributed by atoms with Crippen molar-refractivity contribution < 1.29 is 37.3 Å². The number of ether oxygens (including phenoxy) is 2. The van der Waals surface area contributed by atoms with E-state index in [4.69, 9.17) is 16.3 Å². The molecule has 0 aromatic heterocycles. The van der Waals surface area contributed by atoms with E-state index in [9.17, 15) is 27.9 Å². The van der Waals surface area contributed by atoms with Crippen LogP contribution in [-0.2, 0) is 9.59 Å². The largest absolute Gasteiger partial charge is 0.573 e. The summed E-state index contributed by atoms with van der Waals surface area (Å²) in [5.41, 5.74) is 2.05. The Morgan fingerprint density at radius 1 is 1.00 bits per heavy atom. The second kappa shape index (κ2) is 9.82. The van der Waals surface area contributed by atoms with Crippen LogP contribution in [0.15, 0.2) is 66.2 Å². The summed E-state index contributed by atoms with van der Waals surface area (Å²) >= 11 is 6.30. The predicted octanol–water partition coefficient (Wildman–Crippen LogP) is 6.49. The van der Waals surface area contributed by atoms with Crippen LogP contribution in [0.1, 0.15) is 28.3 Å². The number of aryl methyl sites for hydroxylation is 2. The molecule has 3 aromatic carbocycles. The maximum absolute atomic E-state index is 13.3. The van der Waals surface area contributed by atoms with Gasteiger partial charge in [0, 0.05) is 5.69 Å². The van der Waals surface area contributed by atoms with Crippen molar-refractivity contribution in [2.24, 2.45) is 0 Å². The minimum atomic E-state index is -4.89. The highest BCUT2D eigenvalue weighted by Gasteiger charge is 2.47. The molecule has 1 saturated heterocycles. The lowest BCUT2D eigenvalue weighted by Crippen LogP contribution is -2.29. The molecular formula is C27H21ClF3NO5. The van der Waals surface area contributed by atoms with Crippen LogP contribution in [0.3, 0.4) is 0 Å². The quantitative estimate of drug-likeness (QED) is 0.231. The summed E-state index contributed by atoms with van der Waals surface area (Å²) in [7, 11) is 1.36. The SMILES string of the molecule is COc1c(Cl)cc(C)cc1/C(O)=C1\C(=O)C(=O)N(c2ccc(OC(F)(F)F)cc2)C1c1cccc(C)c1. The molecular weight excluding hydrogens is 511 g/mol. The number of nitrogens with zero attached hydrogens (tertiary/aromatic N) is 1. The second-order valence-electron chi connectivity index (χ2n) is 8.45. The van der Waals surface area contributed by atoms with Gasteiger partial charge >= 0.3 is 6.36 Å². The molecule has 4 rings (SSSR count). The van der Waals surface area contributed by atoms with Gasteiger partial charge in [-0.1, -0.05) is 41.4 Å². The highest BCUT2D eigenvalue weighted by Crippen LogP contribution is 2.45. The number of rotatable bonds is 5. The molecule has 1 aliphatic heterocycles. The average molecular weight is 532 g/mol. The first kappa shape index (κ1) is 26.1. The lowest BCUT2D eigenvalue weighted by atomic mass is 9.93.